The van der Waals surface area contributed by atoms with Gasteiger partial charge in [0.25, 0.3) is 0 Å². The molecule has 0 spiro atoms. The molecule has 1 aliphatic carbocycles. The van der Waals surface area contributed by atoms with E-state index in [1.807, 2.05) is 0 Å². The van der Waals surface area contributed by atoms with Crippen molar-refractivity contribution in [1.29, 1.82) is 0 Å². The highest BCUT2D eigenvalue weighted by molar-refractivity contribution is 9.10. The van der Waals surface area contributed by atoms with Gasteiger partial charge in [-0.2, -0.15) is 0 Å². The van der Waals surface area contributed by atoms with Crippen LogP contribution >= 0.6 is 15.9 Å². The molecule has 0 aromatic heterocycles. The molecule has 24 heavy (non-hydrogen) atoms. The maximum atomic E-state index is 10.1. The number of hydrogen-bond donors (Lipinski definition) is 2. The van der Waals surface area contributed by atoms with Crippen molar-refractivity contribution < 1.29 is 10.2 Å². The first-order valence-electron chi connectivity index (χ1n) is 8.53. The minimum atomic E-state index is -0.0179. The Hall–Kier alpha value is -1.52. The number of phenols is 2. The summed E-state index contributed by atoms with van der Waals surface area (Å²) in [7, 11) is 2.18. The van der Waals surface area contributed by atoms with Crippen LogP contribution < -0.4 is 0 Å². The third kappa shape index (κ3) is 2.27. The molecule has 1 heterocycles. The van der Waals surface area contributed by atoms with E-state index in [4.69, 9.17) is 0 Å². The van der Waals surface area contributed by atoms with Crippen LogP contribution in [0.15, 0.2) is 40.9 Å². The number of nitrogens with zero attached hydrogens (tertiary/aromatic N) is 1. The van der Waals surface area contributed by atoms with Crippen LogP contribution in [-0.4, -0.2) is 28.7 Å². The summed E-state index contributed by atoms with van der Waals surface area (Å²) in [6.07, 6.45) is 4.42. The van der Waals surface area contributed by atoms with Gasteiger partial charge in [-0.15, -0.1) is 0 Å². The first-order valence-corrected chi connectivity index (χ1v) is 9.32. The normalized spacial score (nSPS) is 22.7. The zero-order valence-corrected chi connectivity index (χ0v) is 15.4. The fourth-order valence-electron chi connectivity index (χ4n) is 4.60. The molecule has 0 bridgehead atoms. The van der Waals surface area contributed by atoms with Crippen LogP contribution in [0.3, 0.4) is 0 Å². The van der Waals surface area contributed by atoms with Crippen molar-refractivity contribution in [2.75, 3.05) is 13.6 Å². The predicted molar refractivity (Wildman–Crippen MR) is 98.5 cm³/mol. The molecule has 1 unspecified atom stereocenters. The minimum Gasteiger partial charge on any atom is -0.504 e. The van der Waals surface area contributed by atoms with Gasteiger partial charge in [-0.1, -0.05) is 40.5 Å². The van der Waals surface area contributed by atoms with Gasteiger partial charge in [-0.25, -0.2) is 0 Å². The standard InChI is InChI=1S/C20H22BrNO2/c1-22-10-7-13-11-17(23)18(24)12-14(13)19(22)20(8-4-9-20)15-5-2-3-6-16(15)21/h2-3,5-6,11-12,19,23-24H,4,7-10H2,1H3. The highest BCUT2D eigenvalue weighted by atomic mass is 79.9. The van der Waals surface area contributed by atoms with E-state index in [1.165, 1.54) is 12.0 Å². The third-order valence-corrected chi connectivity index (χ3v) is 6.58. The van der Waals surface area contributed by atoms with Gasteiger partial charge in [-0.05, 0) is 61.2 Å². The molecule has 2 aromatic rings. The Balaban J connectivity index is 1.89. The highest BCUT2D eigenvalue weighted by Crippen LogP contribution is 2.57. The maximum Gasteiger partial charge on any atom is 0.157 e. The average molecular weight is 388 g/mol. The molecule has 3 nitrogen and oxygen atoms in total. The highest BCUT2D eigenvalue weighted by Gasteiger charge is 2.50. The summed E-state index contributed by atoms with van der Waals surface area (Å²) in [6.45, 7) is 0.966. The molecule has 4 heteroatoms. The molecule has 0 saturated heterocycles. The van der Waals surface area contributed by atoms with Crippen molar-refractivity contribution in [3.05, 3.63) is 57.6 Å². The van der Waals surface area contributed by atoms with Crippen LogP contribution in [-0.2, 0) is 11.8 Å². The zero-order chi connectivity index (χ0) is 16.9. The quantitative estimate of drug-likeness (QED) is 0.744. The Morgan fingerprint density at radius 2 is 1.83 bits per heavy atom. The van der Waals surface area contributed by atoms with Crippen LogP contribution in [0.5, 0.6) is 11.5 Å². The molecular weight excluding hydrogens is 366 g/mol. The van der Waals surface area contributed by atoms with Crippen LogP contribution in [0.4, 0.5) is 0 Å². The summed E-state index contributed by atoms with van der Waals surface area (Å²) in [6, 6.07) is 12.3. The third-order valence-electron chi connectivity index (χ3n) is 5.89. The Labute approximate surface area is 151 Å². The molecule has 2 aromatic carbocycles. The van der Waals surface area contributed by atoms with Gasteiger partial charge in [-0.3, -0.25) is 4.90 Å². The van der Waals surface area contributed by atoms with Crippen LogP contribution in [0.25, 0.3) is 0 Å². The van der Waals surface area contributed by atoms with Gasteiger partial charge in [0.2, 0.25) is 0 Å². The summed E-state index contributed by atoms with van der Waals surface area (Å²) < 4.78 is 1.16. The average Bonchev–Trinajstić information content (AvgIpc) is 2.52. The molecule has 4 rings (SSSR count). The molecule has 1 atom stereocenters. The molecule has 1 fully saturated rings. The van der Waals surface area contributed by atoms with E-state index >= 15 is 0 Å². The van der Waals surface area contributed by atoms with Crippen molar-refractivity contribution in [3.63, 3.8) is 0 Å². The Morgan fingerprint density at radius 1 is 1.12 bits per heavy atom. The maximum absolute atomic E-state index is 10.1. The van der Waals surface area contributed by atoms with Crippen molar-refractivity contribution in [3.8, 4) is 11.5 Å². The van der Waals surface area contributed by atoms with Gasteiger partial charge < -0.3 is 10.2 Å². The SMILES string of the molecule is CN1CCc2cc(O)c(O)cc2C1C1(c2ccccc2Br)CCC1. The van der Waals surface area contributed by atoms with Crippen molar-refractivity contribution >= 4 is 15.9 Å². The molecule has 1 aliphatic heterocycles. The molecular formula is C20H22BrNO2. The fourth-order valence-corrected chi connectivity index (χ4v) is 5.28. The molecule has 0 amide bonds. The van der Waals surface area contributed by atoms with Gasteiger partial charge in [0.05, 0.1) is 0 Å². The molecule has 0 radical (unpaired) electrons. The number of hydrogen-bond acceptors (Lipinski definition) is 3. The summed E-state index contributed by atoms with van der Waals surface area (Å²) in [5.41, 5.74) is 3.74. The van der Waals surface area contributed by atoms with Crippen molar-refractivity contribution in [2.45, 2.75) is 37.1 Å². The molecule has 2 aliphatic rings. The number of rotatable bonds is 2. The molecule has 126 valence electrons. The Bertz CT molecular complexity index is 785. The first-order chi connectivity index (χ1) is 11.5. The van der Waals surface area contributed by atoms with E-state index in [0.717, 1.165) is 41.4 Å². The summed E-state index contributed by atoms with van der Waals surface area (Å²) in [4.78, 5) is 2.41. The van der Waals surface area contributed by atoms with E-state index in [2.05, 4.69) is 52.1 Å². The zero-order valence-electron chi connectivity index (χ0n) is 13.8. The summed E-state index contributed by atoms with van der Waals surface area (Å²) in [5, 5.41) is 20.0. The van der Waals surface area contributed by atoms with E-state index in [1.54, 1.807) is 12.1 Å². The number of aromatic hydroxyl groups is 2. The van der Waals surface area contributed by atoms with Gasteiger partial charge in [0.15, 0.2) is 11.5 Å². The first kappa shape index (κ1) is 16.0. The number of phenolic OH excluding ortho intramolecular Hbond substituents is 2. The number of fused-ring (bicyclic) bond motifs is 1. The van der Waals surface area contributed by atoms with Crippen molar-refractivity contribution in [1.82, 2.24) is 4.90 Å². The minimum absolute atomic E-state index is 0.0133. The van der Waals surface area contributed by atoms with Crippen LogP contribution in [0.2, 0.25) is 0 Å². The number of halogens is 1. The van der Waals surface area contributed by atoms with E-state index in [9.17, 15) is 10.2 Å². The lowest BCUT2D eigenvalue weighted by Crippen LogP contribution is -2.50. The lowest BCUT2D eigenvalue weighted by Gasteiger charge is -2.54. The van der Waals surface area contributed by atoms with Gasteiger partial charge in [0.1, 0.15) is 0 Å². The van der Waals surface area contributed by atoms with Crippen LogP contribution in [0, 0.1) is 0 Å². The topological polar surface area (TPSA) is 43.7 Å². The Morgan fingerprint density at radius 3 is 2.50 bits per heavy atom. The summed E-state index contributed by atoms with van der Waals surface area (Å²) >= 11 is 3.75. The largest absolute Gasteiger partial charge is 0.504 e. The molecule has 2 N–H and O–H groups in total. The number of likely N-dealkylation sites (N-methyl/N-ethyl adjacent to an activating group) is 1. The van der Waals surface area contributed by atoms with Gasteiger partial charge >= 0.3 is 0 Å². The summed E-state index contributed by atoms with van der Waals surface area (Å²) in [5.74, 6) is -0.0312. The van der Waals surface area contributed by atoms with E-state index in [0.29, 0.717) is 0 Å². The predicted octanol–water partition coefficient (Wildman–Crippen LogP) is 4.51. The smallest absolute Gasteiger partial charge is 0.157 e. The van der Waals surface area contributed by atoms with Gasteiger partial charge in [0, 0.05) is 22.5 Å². The second kappa shape index (κ2) is 5.78. The number of benzene rings is 2. The van der Waals surface area contributed by atoms with E-state index in [-0.39, 0.29) is 23.0 Å². The van der Waals surface area contributed by atoms with Crippen molar-refractivity contribution in [2.24, 2.45) is 0 Å². The molecule has 1 saturated carbocycles. The van der Waals surface area contributed by atoms with E-state index < -0.39 is 0 Å². The Kier molecular flexibility index (Phi) is 3.85. The second-order valence-electron chi connectivity index (χ2n) is 7.16. The fraction of sp³-hybridized carbons (Fsp3) is 0.400. The lowest BCUT2D eigenvalue weighted by atomic mass is 9.57. The lowest BCUT2D eigenvalue weighted by molar-refractivity contribution is 0.0709. The van der Waals surface area contributed by atoms with Crippen LogP contribution in [0.1, 0.15) is 42.0 Å². The monoisotopic (exact) mass is 387 g/mol. The second-order valence-corrected chi connectivity index (χ2v) is 8.02.